The molecule has 16 unspecified atom stereocenters. The summed E-state index contributed by atoms with van der Waals surface area (Å²) in [4.78, 5) is 13.6. The number of allylic oxidation sites excluding steroid dienone is 10. The standard InChI is InChI=1S/C53H40O2S/c54-30(55-15-12-20-13-16-56-19-20)7-4-14-51(21-5-2-1-3-6-21)47-38-29-18-28-23-9-8-22-26-17-27-24-10-11-25-37-33(24)41-35(27)34(26)39-31(22)32(23)40(36(28)38)43-42(39)44(41)46(45(43)47)48(37)52-49(25)53(51,52)50(29)52/h1-3,5-6,8-9,13,16-17,19,22-23,27-29,31-32,34-36,38,49-50H,4,7,10-12,14-15,18H2. The van der Waals surface area contributed by atoms with E-state index >= 15 is 0 Å². The molecule has 0 radical (unpaired) electrons. The quantitative estimate of drug-likeness (QED) is 0.172. The molecule has 0 aliphatic heterocycles. The Balaban J connectivity index is 0.924. The second kappa shape index (κ2) is 7.80. The van der Waals surface area contributed by atoms with Gasteiger partial charge in [-0.1, -0.05) is 70.9 Å². The van der Waals surface area contributed by atoms with Crippen LogP contribution in [-0.4, -0.2) is 12.6 Å². The Labute approximate surface area is 329 Å². The van der Waals surface area contributed by atoms with Crippen molar-refractivity contribution in [3.63, 3.8) is 0 Å². The second-order valence-corrected chi connectivity index (χ2v) is 22.3. The zero-order chi connectivity index (χ0) is 35.2. The SMILES string of the molecule is O=C(CCCC1(c2ccccc2)C2=C3C4=C5C6C7C=CC8C9=CC%10C%11=c%12c%13c(c3c3c%12=C(CC%11)C%11C3%12C(C3CC7C5C23)C%111%12)C4=C(C9C%13%10)C86)OCCc1ccsc1. The summed E-state index contributed by atoms with van der Waals surface area (Å²) in [7, 11) is 0. The third-order valence-corrected chi connectivity index (χ3v) is 22.0. The van der Waals surface area contributed by atoms with E-state index in [1.807, 2.05) is 82.8 Å². The van der Waals surface area contributed by atoms with Crippen molar-refractivity contribution in [3.05, 3.63) is 137 Å². The Kier molecular flexibility index (Phi) is 3.85. The number of rotatable bonds is 8. The molecule has 0 saturated heterocycles. The average Bonchev–Trinajstić information content (AvgIpc) is 3.83. The summed E-state index contributed by atoms with van der Waals surface area (Å²) in [5, 5.41) is 7.99. The topological polar surface area (TPSA) is 26.3 Å². The highest BCUT2D eigenvalue weighted by Gasteiger charge is 3.07. The highest BCUT2D eigenvalue weighted by molar-refractivity contribution is 7.07. The predicted molar refractivity (Wildman–Crippen MR) is 214 cm³/mol. The van der Waals surface area contributed by atoms with Crippen LogP contribution in [0.25, 0.3) is 22.3 Å². The van der Waals surface area contributed by atoms with Gasteiger partial charge in [0.15, 0.2) is 0 Å². The zero-order valence-corrected chi connectivity index (χ0v) is 32.1. The van der Waals surface area contributed by atoms with Gasteiger partial charge in [-0.25, -0.2) is 0 Å². The number of hydrogen-bond donors (Lipinski definition) is 0. The minimum atomic E-state index is -0.0177. The molecule has 19 rings (SSSR count). The fourth-order valence-corrected chi connectivity index (χ4v) is 21.9. The van der Waals surface area contributed by atoms with Crippen molar-refractivity contribution in [2.24, 2.45) is 76.4 Å². The van der Waals surface area contributed by atoms with E-state index < -0.39 is 0 Å². The molecule has 2 nitrogen and oxygen atoms in total. The van der Waals surface area contributed by atoms with Crippen molar-refractivity contribution in [1.29, 1.82) is 0 Å². The Bertz CT molecular complexity index is 3020. The molecule has 3 aromatic rings. The van der Waals surface area contributed by atoms with E-state index in [2.05, 4.69) is 65.4 Å². The average molecular weight is 741 g/mol. The van der Waals surface area contributed by atoms with E-state index in [0.29, 0.717) is 54.0 Å². The fourth-order valence-electron chi connectivity index (χ4n) is 21.2. The first-order chi connectivity index (χ1) is 27.7. The number of ether oxygens (including phenoxy) is 1. The summed E-state index contributed by atoms with van der Waals surface area (Å²) >= 11 is 1.72. The molecule has 6 saturated carbocycles. The maximum Gasteiger partial charge on any atom is 0.305 e. The lowest BCUT2D eigenvalue weighted by Gasteiger charge is -2.56. The molecule has 1 heterocycles. The number of benzene rings is 2. The molecule has 0 N–H and O–H groups in total. The summed E-state index contributed by atoms with van der Waals surface area (Å²) in [6, 6.07) is 14.3. The number of esters is 1. The van der Waals surface area contributed by atoms with Gasteiger partial charge in [-0.2, -0.15) is 11.3 Å². The third kappa shape index (κ3) is 2.12. The van der Waals surface area contributed by atoms with E-state index in [1.165, 1.54) is 24.8 Å². The maximum absolute atomic E-state index is 13.6. The monoisotopic (exact) mass is 740 g/mol. The summed E-state index contributed by atoms with van der Waals surface area (Å²) in [5.74, 6) is 9.37. The molecule has 270 valence electrons. The summed E-state index contributed by atoms with van der Waals surface area (Å²) in [6.45, 7) is 0.494. The highest BCUT2D eigenvalue weighted by atomic mass is 32.1. The summed E-state index contributed by atoms with van der Waals surface area (Å²) in [6.07, 6.45) is 16.0. The molecule has 16 atom stereocenters. The van der Waals surface area contributed by atoms with Gasteiger partial charge < -0.3 is 4.74 Å². The van der Waals surface area contributed by atoms with E-state index in [0.717, 1.165) is 60.7 Å². The molecule has 0 amide bonds. The number of fused-ring (bicyclic) bond motifs is 5. The van der Waals surface area contributed by atoms with Crippen molar-refractivity contribution in [1.82, 2.24) is 0 Å². The Morgan fingerprint density at radius 1 is 0.857 bits per heavy atom. The van der Waals surface area contributed by atoms with E-state index in [4.69, 9.17) is 4.74 Å². The minimum absolute atomic E-state index is 0.00766. The van der Waals surface area contributed by atoms with Crippen LogP contribution < -0.4 is 10.4 Å². The van der Waals surface area contributed by atoms with Crippen LogP contribution in [0.15, 0.2) is 93.3 Å². The Morgan fingerprint density at radius 2 is 1.79 bits per heavy atom. The third-order valence-electron chi connectivity index (χ3n) is 21.3. The van der Waals surface area contributed by atoms with Crippen LogP contribution >= 0.6 is 11.3 Å². The first-order valence-corrected chi connectivity index (χ1v) is 23.5. The number of carbonyl (C=O) groups excluding carboxylic acids is 1. The Hall–Kier alpha value is -3.95. The van der Waals surface area contributed by atoms with Crippen molar-refractivity contribution < 1.29 is 9.53 Å². The van der Waals surface area contributed by atoms with Gasteiger partial charge in [0.05, 0.1) is 6.61 Å². The van der Waals surface area contributed by atoms with E-state index in [9.17, 15) is 4.79 Å². The molecule has 2 bridgehead atoms. The predicted octanol–water partition coefficient (Wildman–Crippen LogP) is 8.32. The molecule has 16 aliphatic carbocycles. The van der Waals surface area contributed by atoms with Gasteiger partial charge in [0.1, 0.15) is 0 Å². The first-order valence-electron chi connectivity index (χ1n) is 22.6. The van der Waals surface area contributed by atoms with Crippen LogP contribution in [0, 0.1) is 76.4 Å². The van der Waals surface area contributed by atoms with Crippen molar-refractivity contribution in [3.8, 4) is 0 Å². The van der Waals surface area contributed by atoms with E-state index in [1.54, 1.807) is 16.9 Å². The normalized spacial score (nSPS) is 48.7. The summed E-state index contributed by atoms with van der Waals surface area (Å²) in [5.41, 5.74) is 27.9. The number of carbonyl (C=O) groups is 1. The van der Waals surface area contributed by atoms with Gasteiger partial charge in [-0.15, -0.1) is 0 Å². The van der Waals surface area contributed by atoms with Crippen molar-refractivity contribution >= 4 is 39.6 Å². The highest BCUT2D eigenvalue weighted by Crippen LogP contribution is 3.08. The molecule has 2 spiro atoms. The molecule has 16 aliphatic rings. The number of thiophene rings is 1. The van der Waals surface area contributed by atoms with E-state index in [-0.39, 0.29) is 16.8 Å². The van der Waals surface area contributed by atoms with Gasteiger partial charge in [0.2, 0.25) is 0 Å². The Morgan fingerprint density at radius 3 is 2.70 bits per heavy atom. The lowest BCUT2D eigenvalue weighted by molar-refractivity contribution is -0.143. The molecule has 2 aromatic carbocycles. The lowest BCUT2D eigenvalue weighted by Crippen LogP contribution is -2.51. The van der Waals surface area contributed by atoms with Crippen LogP contribution in [-0.2, 0) is 26.8 Å². The number of hydrogen-bond acceptors (Lipinski definition) is 3. The van der Waals surface area contributed by atoms with Gasteiger partial charge >= 0.3 is 5.97 Å². The maximum atomic E-state index is 13.6. The van der Waals surface area contributed by atoms with Crippen molar-refractivity contribution in [2.45, 2.75) is 61.7 Å². The molecule has 3 heteroatoms. The molecule has 6 fully saturated rings. The molecular weight excluding hydrogens is 701 g/mol. The van der Waals surface area contributed by atoms with Crippen LogP contribution in [0.1, 0.15) is 77.8 Å². The zero-order valence-electron chi connectivity index (χ0n) is 31.2. The first kappa shape index (κ1) is 27.6. The minimum Gasteiger partial charge on any atom is -0.465 e. The van der Waals surface area contributed by atoms with Crippen LogP contribution in [0.2, 0.25) is 0 Å². The van der Waals surface area contributed by atoms with Gasteiger partial charge in [0, 0.05) is 52.8 Å². The van der Waals surface area contributed by atoms with Gasteiger partial charge in [0.25, 0.3) is 0 Å². The molecule has 56 heavy (non-hydrogen) atoms. The molecule has 1 aromatic heterocycles. The van der Waals surface area contributed by atoms with Crippen LogP contribution in [0.3, 0.4) is 0 Å². The summed E-state index contributed by atoms with van der Waals surface area (Å²) < 4.78 is 5.99. The largest absolute Gasteiger partial charge is 0.465 e. The van der Waals surface area contributed by atoms with Crippen LogP contribution in [0.4, 0.5) is 0 Å². The second-order valence-electron chi connectivity index (χ2n) is 21.5. The smallest absolute Gasteiger partial charge is 0.305 e. The van der Waals surface area contributed by atoms with Gasteiger partial charge in [-0.05, 0) is 174 Å². The molecular formula is C53H40O2S. The fraction of sp³-hybridized carbons (Fsp3) is 0.453. The lowest BCUT2D eigenvalue weighted by atomic mass is 9.47. The van der Waals surface area contributed by atoms with Crippen LogP contribution in [0.5, 0.6) is 0 Å². The van der Waals surface area contributed by atoms with Gasteiger partial charge in [-0.3, -0.25) is 4.79 Å². The van der Waals surface area contributed by atoms with Crippen molar-refractivity contribution in [2.75, 3.05) is 6.61 Å².